The Labute approximate surface area is 117 Å². The van der Waals surface area contributed by atoms with E-state index in [4.69, 9.17) is 4.74 Å². The van der Waals surface area contributed by atoms with Gasteiger partial charge in [0.25, 0.3) is 0 Å². The third-order valence-electron chi connectivity index (χ3n) is 4.02. The summed E-state index contributed by atoms with van der Waals surface area (Å²) in [4.78, 5) is 11.2. The number of methoxy groups -OCH3 is 1. The van der Waals surface area contributed by atoms with Gasteiger partial charge in [-0.05, 0) is 40.0 Å². The van der Waals surface area contributed by atoms with Crippen LogP contribution in [0.4, 0.5) is 0 Å². The number of carbonyl (C=O) groups excluding carboxylic acids is 1. The fourth-order valence-electron chi connectivity index (χ4n) is 3.11. The van der Waals surface area contributed by atoms with Gasteiger partial charge in [-0.3, -0.25) is 4.79 Å². The molecule has 1 aliphatic rings. The molecule has 1 aliphatic carbocycles. The zero-order chi connectivity index (χ0) is 14.5. The summed E-state index contributed by atoms with van der Waals surface area (Å²) in [7, 11) is 1.78. The molecular weight excluding hydrogens is 240 g/mol. The molecule has 0 heterocycles. The van der Waals surface area contributed by atoms with E-state index < -0.39 is 0 Å². The Kier molecular flexibility index (Phi) is 5.81. The quantitative estimate of drug-likeness (QED) is 0.710. The fourth-order valence-corrected chi connectivity index (χ4v) is 3.11. The number of nitrogens with one attached hydrogen (secondary N) is 2. The summed E-state index contributed by atoms with van der Waals surface area (Å²) >= 11 is 0. The van der Waals surface area contributed by atoms with Gasteiger partial charge >= 0.3 is 0 Å². The number of carbonyl (C=O) groups is 1. The highest BCUT2D eigenvalue weighted by Gasteiger charge is 2.37. The molecule has 0 saturated heterocycles. The second kappa shape index (κ2) is 6.71. The molecule has 4 nitrogen and oxygen atoms in total. The van der Waals surface area contributed by atoms with Crippen molar-refractivity contribution in [3.63, 3.8) is 0 Å². The van der Waals surface area contributed by atoms with Crippen LogP contribution in [0.25, 0.3) is 0 Å². The molecule has 112 valence electrons. The molecule has 2 N–H and O–H groups in total. The molecule has 1 unspecified atom stereocenters. The van der Waals surface area contributed by atoms with Crippen LogP contribution in [0.1, 0.15) is 53.4 Å². The predicted molar refractivity (Wildman–Crippen MR) is 78.1 cm³/mol. The van der Waals surface area contributed by atoms with Gasteiger partial charge in [0.1, 0.15) is 0 Å². The third kappa shape index (κ3) is 5.49. The van der Waals surface area contributed by atoms with E-state index in [0.717, 1.165) is 19.6 Å². The molecule has 19 heavy (non-hydrogen) atoms. The summed E-state index contributed by atoms with van der Waals surface area (Å²) in [5, 5.41) is 6.60. The first-order valence-electron chi connectivity index (χ1n) is 7.30. The molecule has 4 heteroatoms. The van der Waals surface area contributed by atoms with Crippen LogP contribution >= 0.6 is 0 Å². The maximum atomic E-state index is 11.2. The van der Waals surface area contributed by atoms with Gasteiger partial charge in [0.05, 0.1) is 6.61 Å². The maximum Gasteiger partial charge on any atom is 0.217 e. The minimum atomic E-state index is -0.160. The summed E-state index contributed by atoms with van der Waals surface area (Å²) in [6, 6.07) is 0.385. The Balaban J connectivity index is 2.34. The molecule has 1 atom stereocenters. The van der Waals surface area contributed by atoms with E-state index in [2.05, 4.69) is 31.4 Å². The van der Waals surface area contributed by atoms with Gasteiger partial charge < -0.3 is 15.4 Å². The molecule has 0 spiro atoms. The van der Waals surface area contributed by atoms with E-state index in [1.807, 2.05) is 0 Å². The second-order valence-corrected chi connectivity index (χ2v) is 6.84. The number of hydrogen-bond acceptors (Lipinski definition) is 3. The van der Waals surface area contributed by atoms with Crippen molar-refractivity contribution < 1.29 is 9.53 Å². The SMILES string of the molecule is COCC1(CNC(C)CC(C)(C)NC(C)=O)CCC1. The normalized spacial score (nSPS) is 19.6. The highest BCUT2D eigenvalue weighted by molar-refractivity contribution is 5.73. The molecule has 1 saturated carbocycles. The molecule has 0 aliphatic heterocycles. The van der Waals surface area contributed by atoms with Crippen LogP contribution < -0.4 is 10.6 Å². The third-order valence-corrected chi connectivity index (χ3v) is 4.02. The van der Waals surface area contributed by atoms with E-state index in [1.165, 1.54) is 19.3 Å². The summed E-state index contributed by atoms with van der Waals surface area (Å²) in [6.45, 7) is 9.76. The van der Waals surface area contributed by atoms with Crippen molar-refractivity contribution in [1.82, 2.24) is 10.6 Å². The molecule has 0 aromatic heterocycles. The first-order chi connectivity index (χ1) is 8.79. The van der Waals surface area contributed by atoms with Crippen molar-refractivity contribution >= 4 is 5.91 Å². The second-order valence-electron chi connectivity index (χ2n) is 6.84. The molecule has 1 fully saturated rings. The predicted octanol–water partition coefficient (Wildman–Crippen LogP) is 2.09. The number of ether oxygens (including phenoxy) is 1. The first kappa shape index (κ1) is 16.4. The van der Waals surface area contributed by atoms with Crippen LogP contribution in [0.2, 0.25) is 0 Å². The summed E-state index contributed by atoms with van der Waals surface area (Å²) < 4.78 is 5.34. The van der Waals surface area contributed by atoms with Crippen molar-refractivity contribution in [2.75, 3.05) is 20.3 Å². The topological polar surface area (TPSA) is 50.4 Å². The van der Waals surface area contributed by atoms with Crippen LogP contribution in [0, 0.1) is 5.41 Å². The number of rotatable bonds is 8. The summed E-state index contributed by atoms with van der Waals surface area (Å²) in [6.07, 6.45) is 4.76. The van der Waals surface area contributed by atoms with Gasteiger partial charge in [-0.25, -0.2) is 0 Å². The summed E-state index contributed by atoms with van der Waals surface area (Å²) in [5.41, 5.74) is 0.188. The fraction of sp³-hybridized carbons (Fsp3) is 0.933. The molecule has 0 radical (unpaired) electrons. The molecule has 0 aromatic carbocycles. The molecule has 1 rings (SSSR count). The van der Waals surface area contributed by atoms with Crippen LogP contribution in [0.3, 0.4) is 0 Å². The monoisotopic (exact) mass is 270 g/mol. The van der Waals surface area contributed by atoms with Gasteiger partial charge in [-0.2, -0.15) is 0 Å². The van der Waals surface area contributed by atoms with Crippen molar-refractivity contribution in [3.8, 4) is 0 Å². The Bertz CT molecular complexity index is 299. The van der Waals surface area contributed by atoms with Crippen molar-refractivity contribution in [1.29, 1.82) is 0 Å². The minimum absolute atomic E-state index is 0.0343. The lowest BCUT2D eigenvalue weighted by molar-refractivity contribution is -0.120. The lowest BCUT2D eigenvalue weighted by atomic mass is 9.69. The van der Waals surface area contributed by atoms with Crippen LogP contribution in [-0.4, -0.2) is 37.7 Å². The minimum Gasteiger partial charge on any atom is -0.384 e. The van der Waals surface area contributed by atoms with Crippen LogP contribution in [0.5, 0.6) is 0 Å². The number of amides is 1. The standard InChI is InChI=1S/C15H30N2O2/c1-12(9-14(3,4)17-13(2)18)16-10-15(11-19-5)7-6-8-15/h12,16H,6-11H2,1-5H3,(H,17,18). The average Bonchev–Trinajstić information content (AvgIpc) is 2.18. The van der Waals surface area contributed by atoms with E-state index in [-0.39, 0.29) is 11.4 Å². The highest BCUT2D eigenvalue weighted by Crippen LogP contribution is 2.40. The zero-order valence-electron chi connectivity index (χ0n) is 13.1. The first-order valence-corrected chi connectivity index (χ1v) is 7.30. The highest BCUT2D eigenvalue weighted by atomic mass is 16.5. The smallest absolute Gasteiger partial charge is 0.217 e. The average molecular weight is 270 g/mol. The molecule has 0 bridgehead atoms. The van der Waals surface area contributed by atoms with E-state index in [1.54, 1.807) is 14.0 Å². The zero-order valence-corrected chi connectivity index (χ0v) is 13.1. The van der Waals surface area contributed by atoms with Gasteiger partial charge in [0, 0.05) is 37.6 Å². The van der Waals surface area contributed by atoms with E-state index >= 15 is 0 Å². The molecular formula is C15H30N2O2. The Hall–Kier alpha value is -0.610. The Morgan fingerprint density at radius 1 is 1.42 bits per heavy atom. The Morgan fingerprint density at radius 2 is 2.05 bits per heavy atom. The number of hydrogen-bond donors (Lipinski definition) is 2. The van der Waals surface area contributed by atoms with Crippen molar-refractivity contribution in [3.05, 3.63) is 0 Å². The van der Waals surface area contributed by atoms with Crippen molar-refractivity contribution in [2.45, 2.75) is 65.0 Å². The lowest BCUT2D eigenvalue weighted by Crippen LogP contribution is -2.50. The lowest BCUT2D eigenvalue weighted by Gasteiger charge is -2.42. The van der Waals surface area contributed by atoms with Gasteiger partial charge in [-0.15, -0.1) is 0 Å². The van der Waals surface area contributed by atoms with Gasteiger partial charge in [0.2, 0.25) is 5.91 Å². The largest absolute Gasteiger partial charge is 0.384 e. The Morgan fingerprint density at radius 3 is 2.47 bits per heavy atom. The van der Waals surface area contributed by atoms with Crippen LogP contribution in [0.15, 0.2) is 0 Å². The maximum absolute atomic E-state index is 11.2. The summed E-state index contributed by atoms with van der Waals surface area (Å²) in [5.74, 6) is 0.0343. The van der Waals surface area contributed by atoms with Gasteiger partial charge in [-0.1, -0.05) is 6.42 Å². The molecule has 0 aromatic rings. The van der Waals surface area contributed by atoms with Crippen LogP contribution in [-0.2, 0) is 9.53 Å². The molecule has 1 amide bonds. The van der Waals surface area contributed by atoms with Crippen molar-refractivity contribution in [2.24, 2.45) is 5.41 Å². The van der Waals surface area contributed by atoms with E-state index in [0.29, 0.717) is 11.5 Å². The van der Waals surface area contributed by atoms with Gasteiger partial charge in [0.15, 0.2) is 0 Å². The van der Waals surface area contributed by atoms with E-state index in [9.17, 15) is 4.79 Å².